The first-order valence-electron chi connectivity index (χ1n) is 8.46. The second-order valence-corrected chi connectivity index (χ2v) is 8.38. The molecule has 0 atom stereocenters. The highest BCUT2D eigenvalue weighted by Gasteiger charge is 2.21. The Hall–Kier alpha value is -2.45. The van der Waals surface area contributed by atoms with Crippen LogP contribution in [0.5, 0.6) is 0 Å². The summed E-state index contributed by atoms with van der Waals surface area (Å²) in [6.45, 7) is 0. The fourth-order valence-electron chi connectivity index (χ4n) is 3.45. The van der Waals surface area contributed by atoms with Gasteiger partial charge >= 0.3 is 0 Å². The van der Waals surface area contributed by atoms with Crippen LogP contribution in [0.4, 0.5) is 0 Å². The van der Waals surface area contributed by atoms with Gasteiger partial charge in [-0.05, 0) is 42.7 Å². The van der Waals surface area contributed by atoms with Gasteiger partial charge in [-0.2, -0.15) is 10.1 Å². The molecule has 4 heterocycles. The van der Waals surface area contributed by atoms with Crippen molar-refractivity contribution in [3.8, 4) is 0 Å². The Labute approximate surface area is 156 Å². The zero-order valence-electron chi connectivity index (χ0n) is 13.8. The summed E-state index contributed by atoms with van der Waals surface area (Å²) in [6.07, 6.45) is 5.93. The van der Waals surface area contributed by atoms with Gasteiger partial charge in [-0.25, -0.2) is 9.50 Å². The number of aryl methyl sites for hydroxylation is 2. The highest BCUT2D eigenvalue weighted by molar-refractivity contribution is 7.19. The van der Waals surface area contributed by atoms with Crippen LogP contribution in [0, 0.1) is 0 Å². The summed E-state index contributed by atoms with van der Waals surface area (Å²) in [6, 6.07) is 3.57. The largest absolute Gasteiger partial charge is 0.295 e. The summed E-state index contributed by atoms with van der Waals surface area (Å²) in [4.78, 5) is 36.5. The minimum absolute atomic E-state index is 0.0466. The number of fused-ring (bicyclic) bond motifs is 5. The third-order valence-corrected chi connectivity index (χ3v) is 6.80. The molecule has 0 amide bonds. The van der Waals surface area contributed by atoms with Gasteiger partial charge in [0.25, 0.3) is 5.56 Å². The molecular weight excluding hydrogens is 368 g/mol. The van der Waals surface area contributed by atoms with Gasteiger partial charge in [0.05, 0.1) is 16.7 Å². The number of carbonyl (C=O) groups excluding carboxylic acids is 1. The number of aromatic nitrogens is 4. The zero-order chi connectivity index (χ0) is 17.7. The molecule has 0 saturated heterocycles. The summed E-state index contributed by atoms with van der Waals surface area (Å²) in [5.74, 6) is -0.117. The van der Waals surface area contributed by atoms with E-state index in [1.54, 1.807) is 28.2 Å². The van der Waals surface area contributed by atoms with Gasteiger partial charge in [0.2, 0.25) is 0 Å². The number of ketones is 1. The Bertz CT molecular complexity index is 1210. The summed E-state index contributed by atoms with van der Waals surface area (Å²) >= 11 is 3.05. The zero-order valence-corrected chi connectivity index (χ0v) is 15.4. The van der Waals surface area contributed by atoms with Crippen molar-refractivity contribution in [2.75, 3.05) is 0 Å². The third-order valence-electron chi connectivity index (χ3n) is 4.68. The Kier molecular flexibility index (Phi) is 3.68. The van der Waals surface area contributed by atoms with E-state index in [9.17, 15) is 9.59 Å². The lowest BCUT2D eigenvalue weighted by Gasteiger charge is -2.10. The molecule has 0 saturated carbocycles. The predicted octanol–water partition coefficient (Wildman–Crippen LogP) is 3.06. The van der Waals surface area contributed by atoms with Gasteiger partial charge in [-0.3, -0.25) is 9.59 Å². The van der Waals surface area contributed by atoms with E-state index in [1.807, 2.05) is 11.4 Å². The summed E-state index contributed by atoms with van der Waals surface area (Å²) in [7, 11) is 0. The first kappa shape index (κ1) is 15.8. The van der Waals surface area contributed by atoms with Gasteiger partial charge in [0.1, 0.15) is 16.9 Å². The van der Waals surface area contributed by atoms with Gasteiger partial charge in [-0.15, -0.1) is 22.7 Å². The molecular formula is C18H14N4O2S2. The fourth-order valence-corrected chi connectivity index (χ4v) is 5.34. The van der Waals surface area contributed by atoms with Crippen LogP contribution in [0.2, 0.25) is 0 Å². The van der Waals surface area contributed by atoms with Crippen LogP contribution in [0.15, 0.2) is 28.6 Å². The quantitative estimate of drug-likeness (QED) is 0.509. The van der Waals surface area contributed by atoms with E-state index < -0.39 is 5.56 Å². The van der Waals surface area contributed by atoms with Gasteiger partial charge in [0.15, 0.2) is 11.4 Å². The van der Waals surface area contributed by atoms with Crippen molar-refractivity contribution in [2.24, 2.45) is 0 Å². The van der Waals surface area contributed by atoms with Crippen molar-refractivity contribution < 1.29 is 4.79 Å². The molecule has 1 aliphatic carbocycles. The van der Waals surface area contributed by atoms with Crippen molar-refractivity contribution in [1.82, 2.24) is 19.6 Å². The summed E-state index contributed by atoms with van der Waals surface area (Å²) in [5, 5.41) is 7.16. The van der Waals surface area contributed by atoms with Crippen molar-refractivity contribution >= 4 is 44.3 Å². The average Bonchev–Trinajstić information content (AvgIpc) is 3.30. The normalized spacial score (nSPS) is 14.0. The van der Waals surface area contributed by atoms with E-state index in [4.69, 9.17) is 0 Å². The number of Topliss-reactive ketones (excluding diaryl/α,β-unsaturated/α-hetero) is 1. The van der Waals surface area contributed by atoms with E-state index in [1.165, 1.54) is 28.2 Å². The molecule has 26 heavy (non-hydrogen) atoms. The third kappa shape index (κ3) is 2.48. The van der Waals surface area contributed by atoms with Crippen molar-refractivity contribution in [1.29, 1.82) is 0 Å². The number of hydrogen-bond donors (Lipinski definition) is 0. The van der Waals surface area contributed by atoms with Crippen molar-refractivity contribution in [3.05, 3.63) is 55.2 Å². The number of thiophene rings is 2. The molecule has 1 aliphatic rings. The Balaban J connectivity index is 1.65. The highest BCUT2D eigenvalue weighted by atomic mass is 32.1. The van der Waals surface area contributed by atoms with Crippen LogP contribution >= 0.6 is 22.7 Å². The molecule has 0 radical (unpaired) electrons. The van der Waals surface area contributed by atoms with Crippen molar-refractivity contribution in [3.63, 3.8) is 0 Å². The SMILES string of the molecule is O=C(Cc1nn2cnc3sc4c(c3c2nc1=O)CCCC4)c1cccs1. The standard InChI is InChI=1S/C18H14N4O2S2/c23-12(14-6-3-7-25-14)8-11-17(24)20-16-15-10-4-1-2-5-13(10)26-18(15)19-9-22(16)21-11/h3,6-7,9H,1-2,4-5,8H2. The van der Waals surface area contributed by atoms with Crippen LogP contribution in [0.3, 0.4) is 0 Å². The molecule has 0 spiro atoms. The van der Waals surface area contributed by atoms with Crippen LogP contribution < -0.4 is 5.56 Å². The number of nitrogens with zero attached hydrogens (tertiary/aromatic N) is 4. The topological polar surface area (TPSA) is 77.2 Å². The highest BCUT2D eigenvalue weighted by Crippen LogP contribution is 2.36. The lowest BCUT2D eigenvalue weighted by atomic mass is 9.97. The molecule has 4 aromatic rings. The number of rotatable bonds is 3. The smallest absolute Gasteiger partial charge is 0.293 e. The Morgan fingerprint density at radius 2 is 2.15 bits per heavy atom. The van der Waals surface area contributed by atoms with Gasteiger partial charge in [-0.1, -0.05) is 6.07 Å². The Morgan fingerprint density at radius 1 is 1.27 bits per heavy atom. The second-order valence-electron chi connectivity index (χ2n) is 6.34. The fraction of sp³-hybridized carbons (Fsp3) is 0.278. The minimum atomic E-state index is -0.432. The van der Waals surface area contributed by atoms with Gasteiger partial charge in [0, 0.05) is 4.88 Å². The first-order chi connectivity index (χ1) is 12.7. The van der Waals surface area contributed by atoms with E-state index >= 15 is 0 Å². The average molecular weight is 382 g/mol. The number of carbonyl (C=O) groups is 1. The van der Waals surface area contributed by atoms with E-state index in [0.29, 0.717) is 10.5 Å². The lowest BCUT2D eigenvalue weighted by Crippen LogP contribution is -2.22. The Morgan fingerprint density at radius 3 is 3.00 bits per heavy atom. The molecule has 0 N–H and O–H groups in total. The van der Waals surface area contributed by atoms with Gasteiger partial charge < -0.3 is 0 Å². The first-order valence-corrected chi connectivity index (χ1v) is 10.2. The van der Waals surface area contributed by atoms with Crippen LogP contribution in [-0.2, 0) is 19.3 Å². The minimum Gasteiger partial charge on any atom is -0.293 e. The predicted molar refractivity (Wildman–Crippen MR) is 101 cm³/mol. The maximum absolute atomic E-state index is 12.5. The lowest BCUT2D eigenvalue weighted by molar-refractivity contribution is 0.0995. The van der Waals surface area contributed by atoms with Crippen LogP contribution in [-0.4, -0.2) is 25.4 Å². The second kappa shape index (κ2) is 6.07. The van der Waals surface area contributed by atoms with E-state index in [-0.39, 0.29) is 17.9 Å². The maximum Gasteiger partial charge on any atom is 0.295 e. The van der Waals surface area contributed by atoms with Crippen molar-refractivity contribution in [2.45, 2.75) is 32.1 Å². The molecule has 8 heteroatoms. The number of hydrogen-bond acceptors (Lipinski definition) is 7. The molecule has 0 aromatic carbocycles. The molecule has 0 bridgehead atoms. The summed E-state index contributed by atoms with van der Waals surface area (Å²) in [5.41, 5.74) is 1.54. The molecule has 0 unspecified atom stereocenters. The molecule has 0 aliphatic heterocycles. The molecule has 4 aromatic heterocycles. The molecule has 6 nitrogen and oxygen atoms in total. The molecule has 130 valence electrons. The monoisotopic (exact) mass is 382 g/mol. The van der Waals surface area contributed by atoms with E-state index in [2.05, 4.69) is 15.1 Å². The van der Waals surface area contributed by atoms with Crippen LogP contribution in [0.1, 0.15) is 38.6 Å². The van der Waals surface area contributed by atoms with E-state index in [0.717, 1.165) is 29.5 Å². The van der Waals surface area contributed by atoms with Crippen LogP contribution in [0.25, 0.3) is 15.9 Å². The molecule has 5 rings (SSSR count). The summed E-state index contributed by atoms with van der Waals surface area (Å²) < 4.78 is 1.54. The molecule has 0 fully saturated rings. The maximum atomic E-state index is 12.5.